The van der Waals surface area contributed by atoms with Gasteiger partial charge in [-0.2, -0.15) is 11.8 Å². The van der Waals surface area contributed by atoms with Gasteiger partial charge in [0.25, 0.3) is 0 Å². The van der Waals surface area contributed by atoms with E-state index < -0.39 is 0 Å². The van der Waals surface area contributed by atoms with E-state index in [2.05, 4.69) is 15.9 Å². The second kappa shape index (κ2) is 6.73. The predicted molar refractivity (Wildman–Crippen MR) is 96.2 cm³/mol. The Morgan fingerprint density at radius 2 is 1.87 bits per heavy atom. The summed E-state index contributed by atoms with van der Waals surface area (Å²) in [7, 11) is 3.42. The summed E-state index contributed by atoms with van der Waals surface area (Å²) in [5, 5.41) is 0. The van der Waals surface area contributed by atoms with Gasteiger partial charge in [0.05, 0.1) is 23.2 Å². The molecule has 0 atom stereocenters. The Morgan fingerprint density at radius 3 is 2.52 bits per heavy atom. The maximum absolute atomic E-state index is 12.4. The number of halogens is 1. The topological polar surface area (TPSA) is 53.2 Å². The molecule has 3 rings (SSSR count). The van der Waals surface area contributed by atoms with Crippen LogP contribution < -0.4 is 5.69 Å². The molecule has 124 valence electrons. The van der Waals surface area contributed by atoms with Crippen LogP contribution in [0.25, 0.3) is 11.0 Å². The quantitative estimate of drug-likeness (QED) is 0.745. The van der Waals surface area contributed by atoms with Crippen LogP contribution >= 0.6 is 27.7 Å². The lowest BCUT2D eigenvalue weighted by atomic mass is 10.0. The van der Waals surface area contributed by atoms with Gasteiger partial charge in [-0.15, -0.1) is 0 Å². The van der Waals surface area contributed by atoms with Crippen molar-refractivity contribution in [1.29, 1.82) is 0 Å². The average molecular weight is 399 g/mol. The molecule has 0 N–H and O–H groups in total. The van der Waals surface area contributed by atoms with E-state index in [0.29, 0.717) is 22.6 Å². The van der Waals surface area contributed by atoms with Gasteiger partial charge in [0.2, 0.25) is 0 Å². The van der Waals surface area contributed by atoms with Crippen molar-refractivity contribution in [2.24, 2.45) is 20.0 Å². The molecule has 0 unspecified atom stereocenters. The number of hydrogen-bond donors (Lipinski definition) is 0. The first-order valence-corrected chi connectivity index (χ1v) is 9.53. The van der Waals surface area contributed by atoms with E-state index in [4.69, 9.17) is 4.74 Å². The minimum Gasteiger partial charge on any atom is -0.462 e. The Bertz CT molecular complexity index is 806. The summed E-state index contributed by atoms with van der Waals surface area (Å²) in [5.41, 5.74) is 1.85. The number of ether oxygens (including phenoxy) is 1. The highest BCUT2D eigenvalue weighted by molar-refractivity contribution is 9.10. The number of esters is 1. The van der Waals surface area contributed by atoms with E-state index in [1.807, 2.05) is 11.8 Å². The molecule has 0 saturated carbocycles. The molecule has 5 nitrogen and oxygen atoms in total. The van der Waals surface area contributed by atoms with Gasteiger partial charge in [0.15, 0.2) is 0 Å². The molecule has 2 aromatic rings. The number of carbonyl (C=O) groups excluding carboxylic acids is 1. The Morgan fingerprint density at radius 1 is 1.26 bits per heavy atom. The Labute approximate surface area is 147 Å². The number of nitrogens with zero attached hydrogens (tertiary/aromatic N) is 2. The minimum absolute atomic E-state index is 0.114. The van der Waals surface area contributed by atoms with Crippen LogP contribution in [0.15, 0.2) is 21.4 Å². The molecule has 0 bridgehead atoms. The number of carbonyl (C=O) groups is 1. The van der Waals surface area contributed by atoms with Crippen LogP contribution in [0.5, 0.6) is 0 Å². The minimum atomic E-state index is -0.340. The molecule has 1 aromatic carbocycles. The summed E-state index contributed by atoms with van der Waals surface area (Å²) in [4.78, 5) is 24.4. The first kappa shape index (κ1) is 16.6. The Hall–Kier alpha value is -1.21. The summed E-state index contributed by atoms with van der Waals surface area (Å²) >= 11 is 5.38. The lowest BCUT2D eigenvalue weighted by Crippen LogP contribution is -2.19. The van der Waals surface area contributed by atoms with E-state index in [1.165, 1.54) is 4.57 Å². The van der Waals surface area contributed by atoms with Crippen LogP contribution in [0.2, 0.25) is 0 Å². The number of aromatic nitrogens is 2. The fraction of sp³-hybridized carbons (Fsp3) is 0.500. The van der Waals surface area contributed by atoms with Gasteiger partial charge in [0.1, 0.15) is 0 Å². The molecular formula is C16H19BrN2O3S. The van der Waals surface area contributed by atoms with Crippen molar-refractivity contribution in [3.63, 3.8) is 0 Å². The lowest BCUT2D eigenvalue weighted by molar-refractivity contribution is 0.0432. The zero-order valence-electron chi connectivity index (χ0n) is 13.2. The monoisotopic (exact) mass is 398 g/mol. The fourth-order valence-electron chi connectivity index (χ4n) is 2.86. The molecule has 7 heteroatoms. The standard InChI is InChI=1S/C16H19BrN2O3S/c1-18-13-7-11(12(17)8-14(13)19(2)16(18)21)15(20)22-9-10-3-5-23-6-4-10/h7-8,10H,3-6,9H2,1-2H3. The first-order chi connectivity index (χ1) is 11.0. The normalized spacial score (nSPS) is 16.0. The Kier molecular flexibility index (Phi) is 4.87. The van der Waals surface area contributed by atoms with E-state index in [1.54, 1.807) is 30.8 Å². The molecule has 1 saturated heterocycles. The van der Waals surface area contributed by atoms with Gasteiger partial charge in [-0.3, -0.25) is 9.13 Å². The van der Waals surface area contributed by atoms with Crippen LogP contribution in [0.3, 0.4) is 0 Å². The SMILES string of the molecule is Cn1c(=O)n(C)c2cc(C(=O)OCC3CCSCC3)c(Br)cc21. The van der Waals surface area contributed by atoms with Crippen molar-refractivity contribution in [3.05, 3.63) is 32.7 Å². The zero-order chi connectivity index (χ0) is 16.6. The van der Waals surface area contributed by atoms with E-state index >= 15 is 0 Å². The van der Waals surface area contributed by atoms with Crippen LogP contribution in [-0.2, 0) is 18.8 Å². The van der Waals surface area contributed by atoms with Crippen molar-refractivity contribution in [2.75, 3.05) is 18.1 Å². The maximum atomic E-state index is 12.4. The summed E-state index contributed by atoms with van der Waals surface area (Å²) in [6.07, 6.45) is 2.21. The van der Waals surface area contributed by atoms with Crippen molar-refractivity contribution < 1.29 is 9.53 Å². The summed E-state index contributed by atoms with van der Waals surface area (Å²) in [5.74, 6) is 2.41. The molecule has 2 heterocycles. The maximum Gasteiger partial charge on any atom is 0.339 e. The molecule has 0 amide bonds. The lowest BCUT2D eigenvalue weighted by Gasteiger charge is -2.21. The highest BCUT2D eigenvalue weighted by atomic mass is 79.9. The summed E-state index contributed by atoms with van der Waals surface area (Å²) in [6, 6.07) is 3.52. The van der Waals surface area contributed by atoms with Crippen molar-refractivity contribution >= 4 is 44.7 Å². The number of imidazole rings is 1. The third kappa shape index (κ3) is 3.21. The molecule has 1 aliphatic rings. The van der Waals surface area contributed by atoms with Gasteiger partial charge in [0, 0.05) is 18.6 Å². The van der Waals surface area contributed by atoms with Crippen molar-refractivity contribution in [3.8, 4) is 0 Å². The van der Waals surface area contributed by atoms with Crippen molar-refractivity contribution in [1.82, 2.24) is 9.13 Å². The Balaban J connectivity index is 1.84. The van der Waals surface area contributed by atoms with Gasteiger partial charge in [-0.05, 0) is 58.3 Å². The molecule has 1 aliphatic heterocycles. The summed E-state index contributed by atoms with van der Waals surface area (Å²) < 4.78 is 9.25. The zero-order valence-corrected chi connectivity index (χ0v) is 15.6. The van der Waals surface area contributed by atoms with Gasteiger partial charge in [-0.25, -0.2) is 9.59 Å². The number of hydrogen-bond acceptors (Lipinski definition) is 4. The second-order valence-corrected chi connectivity index (χ2v) is 7.95. The highest BCUT2D eigenvalue weighted by Gasteiger charge is 2.20. The van der Waals surface area contributed by atoms with Crippen LogP contribution in [0.4, 0.5) is 0 Å². The molecule has 0 radical (unpaired) electrons. The third-order valence-corrected chi connectivity index (χ3v) is 6.08. The van der Waals surface area contributed by atoms with Gasteiger partial charge in [-0.1, -0.05) is 0 Å². The first-order valence-electron chi connectivity index (χ1n) is 7.59. The number of thioether (sulfide) groups is 1. The molecule has 1 fully saturated rings. The van der Waals surface area contributed by atoms with Gasteiger partial charge < -0.3 is 4.74 Å². The van der Waals surface area contributed by atoms with Crippen LogP contribution in [0.1, 0.15) is 23.2 Å². The molecular weight excluding hydrogens is 380 g/mol. The number of rotatable bonds is 3. The molecule has 0 aliphatic carbocycles. The average Bonchev–Trinajstić information content (AvgIpc) is 2.77. The van der Waals surface area contributed by atoms with Gasteiger partial charge >= 0.3 is 11.7 Å². The predicted octanol–water partition coefficient (Wildman–Crippen LogP) is 2.94. The number of benzene rings is 1. The van der Waals surface area contributed by atoms with Crippen LogP contribution in [-0.4, -0.2) is 33.2 Å². The molecule has 23 heavy (non-hydrogen) atoms. The highest BCUT2D eigenvalue weighted by Crippen LogP contribution is 2.26. The fourth-order valence-corrected chi connectivity index (χ4v) is 4.56. The van der Waals surface area contributed by atoms with E-state index in [-0.39, 0.29) is 11.7 Å². The van der Waals surface area contributed by atoms with Crippen molar-refractivity contribution in [2.45, 2.75) is 12.8 Å². The number of fused-ring (bicyclic) bond motifs is 1. The number of aryl methyl sites for hydroxylation is 2. The van der Waals surface area contributed by atoms with E-state index in [9.17, 15) is 9.59 Å². The molecule has 0 spiro atoms. The summed E-state index contributed by atoms with van der Waals surface area (Å²) in [6.45, 7) is 0.470. The second-order valence-electron chi connectivity index (χ2n) is 5.88. The third-order valence-electron chi connectivity index (χ3n) is 4.37. The van der Waals surface area contributed by atoms with Crippen LogP contribution in [0, 0.1) is 5.92 Å². The van der Waals surface area contributed by atoms with E-state index in [0.717, 1.165) is 35.4 Å². The molecule has 1 aromatic heterocycles. The smallest absolute Gasteiger partial charge is 0.339 e. The largest absolute Gasteiger partial charge is 0.462 e.